The summed E-state index contributed by atoms with van der Waals surface area (Å²) in [6.45, 7) is 7.07. The zero-order chi connectivity index (χ0) is 15.5. The Hall–Kier alpha value is -1.39. The first kappa shape index (κ1) is 16.0. The third-order valence-corrected chi connectivity index (χ3v) is 4.47. The summed E-state index contributed by atoms with van der Waals surface area (Å²) in [5.41, 5.74) is 2.94. The number of likely N-dealkylation sites (tertiary alicyclic amines) is 1. The van der Waals surface area contributed by atoms with E-state index in [4.69, 9.17) is 0 Å². The van der Waals surface area contributed by atoms with Crippen LogP contribution < -0.4 is 5.32 Å². The Morgan fingerprint density at radius 2 is 2.00 bits per heavy atom. The largest absolute Gasteiger partial charge is 0.632 e. The van der Waals surface area contributed by atoms with Crippen molar-refractivity contribution in [1.82, 2.24) is 0 Å². The number of hydrogen-bond donors (Lipinski definition) is 1. The van der Waals surface area contributed by atoms with Gasteiger partial charge in [0.05, 0.1) is 13.1 Å². The van der Waals surface area contributed by atoms with Crippen LogP contribution in [0.3, 0.4) is 0 Å². The van der Waals surface area contributed by atoms with Crippen LogP contribution in [-0.4, -0.2) is 29.7 Å². The Morgan fingerprint density at radius 3 is 2.62 bits per heavy atom. The van der Waals surface area contributed by atoms with Gasteiger partial charge in [-0.2, -0.15) is 0 Å². The number of nitrogens with one attached hydrogen (secondary N) is 1. The van der Waals surface area contributed by atoms with Gasteiger partial charge in [0.2, 0.25) is 0 Å². The number of hydroxylamine groups is 3. The molecule has 1 aromatic rings. The molecule has 2 rings (SSSR count). The summed E-state index contributed by atoms with van der Waals surface area (Å²) < 4.78 is -0.354. The van der Waals surface area contributed by atoms with E-state index < -0.39 is 6.04 Å². The molecule has 1 fully saturated rings. The maximum Gasteiger partial charge on any atom is 0.283 e. The summed E-state index contributed by atoms with van der Waals surface area (Å²) in [5.74, 6) is -0.115. The molecule has 21 heavy (non-hydrogen) atoms. The first-order valence-corrected chi connectivity index (χ1v) is 7.93. The average Bonchev–Trinajstić information content (AvgIpc) is 2.43. The third-order valence-electron chi connectivity index (χ3n) is 4.47. The lowest BCUT2D eigenvalue weighted by molar-refractivity contribution is -0.901. The number of amides is 1. The van der Waals surface area contributed by atoms with Crippen LogP contribution in [0.25, 0.3) is 0 Å². The molecule has 0 aliphatic carbocycles. The molecule has 116 valence electrons. The number of hydrogen-bond acceptors (Lipinski definition) is 2. The highest BCUT2D eigenvalue weighted by molar-refractivity contribution is 5.95. The molecule has 1 saturated heterocycles. The van der Waals surface area contributed by atoms with Gasteiger partial charge in [0.25, 0.3) is 5.91 Å². The highest BCUT2D eigenvalue weighted by atomic mass is 16.5. The van der Waals surface area contributed by atoms with Crippen molar-refractivity contribution in [2.24, 2.45) is 0 Å². The van der Waals surface area contributed by atoms with Crippen molar-refractivity contribution in [2.45, 2.75) is 52.5 Å². The molecule has 1 heterocycles. The summed E-state index contributed by atoms with van der Waals surface area (Å²) in [4.78, 5) is 12.6. The lowest BCUT2D eigenvalue weighted by Crippen LogP contribution is -2.58. The lowest BCUT2D eigenvalue weighted by atomic mass is 9.99. The number of quaternary nitrogens is 1. The third kappa shape index (κ3) is 3.44. The molecular weight excluding hydrogens is 264 g/mol. The highest BCUT2D eigenvalue weighted by Gasteiger charge is 2.37. The smallest absolute Gasteiger partial charge is 0.283 e. The molecule has 1 unspecified atom stereocenters. The molecule has 4 heteroatoms. The summed E-state index contributed by atoms with van der Waals surface area (Å²) in [6.07, 6.45) is 3.41. The zero-order valence-electron chi connectivity index (χ0n) is 13.3. The Bertz CT molecular complexity index is 491. The van der Waals surface area contributed by atoms with Crippen molar-refractivity contribution in [3.63, 3.8) is 0 Å². The van der Waals surface area contributed by atoms with E-state index in [0.717, 1.165) is 36.1 Å². The summed E-state index contributed by atoms with van der Waals surface area (Å²) in [6, 6.07) is 5.48. The van der Waals surface area contributed by atoms with Gasteiger partial charge in [-0.15, -0.1) is 0 Å². The predicted molar refractivity (Wildman–Crippen MR) is 85.8 cm³/mol. The molecule has 0 radical (unpaired) electrons. The molecule has 4 nitrogen and oxygen atoms in total. The van der Waals surface area contributed by atoms with Gasteiger partial charge >= 0.3 is 0 Å². The van der Waals surface area contributed by atoms with E-state index in [-0.39, 0.29) is 10.6 Å². The number of benzene rings is 1. The molecule has 0 bridgehead atoms. The quantitative estimate of drug-likeness (QED) is 0.681. The van der Waals surface area contributed by atoms with Crippen molar-refractivity contribution < 1.29 is 9.44 Å². The first-order chi connectivity index (χ1) is 9.98. The number of piperidine rings is 1. The van der Waals surface area contributed by atoms with Gasteiger partial charge in [0.15, 0.2) is 6.04 Å². The van der Waals surface area contributed by atoms with E-state index in [1.807, 2.05) is 39.0 Å². The molecule has 1 aromatic carbocycles. The summed E-state index contributed by atoms with van der Waals surface area (Å²) >= 11 is 0. The number of nitrogens with zero attached hydrogens (tertiary/aromatic N) is 1. The molecule has 1 amide bonds. The van der Waals surface area contributed by atoms with Crippen LogP contribution in [0.4, 0.5) is 5.69 Å². The minimum absolute atomic E-state index is 0.115. The van der Waals surface area contributed by atoms with Gasteiger partial charge in [0.1, 0.15) is 0 Å². The molecule has 0 spiro atoms. The fraction of sp³-hybridized carbons (Fsp3) is 0.588. The number of carbonyl (C=O) groups excluding carboxylic acids is 1. The predicted octanol–water partition coefficient (Wildman–Crippen LogP) is 3.52. The normalized spacial score (nSPS) is 25.6. The number of para-hydroxylation sites is 1. The fourth-order valence-corrected chi connectivity index (χ4v) is 3.32. The Kier molecular flexibility index (Phi) is 5.01. The number of anilines is 1. The second-order valence-corrected chi connectivity index (χ2v) is 6.17. The maximum absolute atomic E-state index is 12.9. The molecular formula is C17H26N2O2. The van der Waals surface area contributed by atoms with Gasteiger partial charge in [-0.05, 0) is 44.2 Å². The van der Waals surface area contributed by atoms with Gasteiger partial charge in [-0.1, -0.05) is 25.1 Å². The summed E-state index contributed by atoms with van der Waals surface area (Å²) in [5, 5.41) is 15.9. The van der Waals surface area contributed by atoms with E-state index in [9.17, 15) is 10.0 Å². The molecule has 2 atom stereocenters. The van der Waals surface area contributed by atoms with Gasteiger partial charge in [0, 0.05) is 12.1 Å². The Balaban J connectivity index is 2.18. The van der Waals surface area contributed by atoms with Crippen molar-refractivity contribution >= 4 is 11.6 Å². The van der Waals surface area contributed by atoms with Crippen molar-refractivity contribution in [3.05, 3.63) is 34.5 Å². The van der Waals surface area contributed by atoms with Crippen LogP contribution in [0.15, 0.2) is 18.2 Å². The SMILES string of the molecule is CCC[N+]1([O-])CCCC[C@H]1C(=O)Nc1c(C)cccc1C. The van der Waals surface area contributed by atoms with Crippen LogP contribution in [-0.2, 0) is 4.79 Å². The van der Waals surface area contributed by atoms with Gasteiger partial charge in [-0.3, -0.25) is 4.79 Å². The highest BCUT2D eigenvalue weighted by Crippen LogP contribution is 2.27. The average molecular weight is 290 g/mol. The van der Waals surface area contributed by atoms with Gasteiger partial charge in [-0.25, -0.2) is 0 Å². The van der Waals surface area contributed by atoms with E-state index in [1.54, 1.807) is 0 Å². The monoisotopic (exact) mass is 290 g/mol. The van der Waals surface area contributed by atoms with Gasteiger partial charge < -0.3 is 15.2 Å². The van der Waals surface area contributed by atoms with Crippen molar-refractivity contribution in [2.75, 3.05) is 18.4 Å². The van der Waals surface area contributed by atoms with E-state index in [2.05, 4.69) is 5.32 Å². The Labute approximate surface area is 127 Å². The van der Waals surface area contributed by atoms with Crippen LogP contribution >= 0.6 is 0 Å². The van der Waals surface area contributed by atoms with Crippen LogP contribution in [0.5, 0.6) is 0 Å². The standard InChI is InChI=1S/C17H26N2O2/c1-4-11-19(21)12-6-5-10-15(19)17(20)18-16-13(2)8-7-9-14(16)3/h7-9,15H,4-6,10-12H2,1-3H3,(H,18,20)/t15-,19?/m0/s1. The minimum atomic E-state index is -0.460. The van der Waals surface area contributed by atoms with E-state index in [0.29, 0.717) is 19.5 Å². The number of aryl methyl sites for hydroxylation is 2. The fourth-order valence-electron chi connectivity index (χ4n) is 3.32. The molecule has 0 saturated carbocycles. The first-order valence-electron chi connectivity index (χ1n) is 7.93. The molecule has 1 aliphatic heterocycles. The Morgan fingerprint density at radius 1 is 1.33 bits per heavy atom. The van der Waals surface area contributed by atoms with E-state index >= 15 is 0 Å². The second kappa shape index (κ2) is 6.58. The van der Waals surface area contributed by atoms with E-state index in [1.165, 1.54) is 0 Å². The minimum Gasteiger partial charge on any atom is -0.632 e. The maximum atomic E-state index is 12.9. The summed E-state index contributed by atoms with van der Waals surface area (Å²) in [7, 11) is 0. The molecule has 1 N–H and O–H groups in total. The number of carbonyl (C=O) groups is 1. The topological polar surface area (TPSA) is 52.2 Å². The van der Waals surface area contributed by atoms with Crippen LogP contribution in [0, 0.1) is 19.1 Å². The van der Waals surface area contributed by atoms with Crippen molar-refractivity contribution in [3.8, 4) is 0 Å². The van der Waals surface area contributed by atoms with Crippen LogP contribution in [0.2, 0.25) is 0 Å². The molecule has 1 aliphatic rings. The zero-order valence-corrected chi connectivity index (χ0v) is 13.3. The second-order valence-electron chi connectivity index (χ2n) is 6.17. The van der Waals surface area contributed by atoms with Crippen LogP contribution in [0.1, 0.15) is 43.7 Å². The lowest BCUT2D eigenvalue weighted by Gasteiger charge is -2.50. The number of rotatable bonds is 4. The van der Waals surface area contributed by atoms with Crippen molar-refractivity contribution in [1.29, 1.82) is 0 Å². The molecule has 0 aromatic heterocycles.